The van der Waals surface area contributed by atoms with Crippen LogP contribution in [0.2, 0.25) is 10.0 Å². The fraction of sp³-hybridized carbons (Fsp3) is 0.0769. The summed E-state index contributed by atoms with van der Waals surface area (Å²) >= 11 is 11.7. The van der Waals surface area contributed by atoms with Crippen molar-refractivity contribution < 1.29 is 9.13 Å². The number of hydrogen-bond donors (Lipinski definition) is 1. The maximum absolute atomic E-state index is 13.0. The van der Waals surface area contributed by atoms with Crippen LogP contribution in [0.15, 0.2) is 36.4 Å². The van der Waals surface area contributed by atoms with Crippen molar-refractivity contribution in [3.8, 4) is 5.75 Å². The highest BCUT2D eigenvalue weighted by Gasteiger charge is 2.06. The SMILES string of the molecule is Nc1cccc(Cl)c1COc1ccc(F)c(Cl)c1. The van der Waals surface area contributed by atoms with E-state index < -0.39 is 5.82 Å². The van der Waals surface area contributed by atoms with Crippen LogP contribution in [0, 0.1) is 5.82 Å². The van der Waals surface area contributed by atoms with Crippen molar-refractivity contribution in [2.45, 2.75) is 6.61 Å². The molecule has 0 bridgehead atoms. The van der Waals surface area contributed by atoms with Crippen LogP contribution in [-0.2, 0) is 6.61 Å². The third-order valence-corrected chi connectivity index (χ3v) is 3.07. The number of anilines is 1. The van der Waals surface area contributed by atoms with E-state index in [-0.39, 0.29) is 11.6 Å². The molecule has 2 rings (SSSR count). The van der Waals surface area contributed by atoms with Gasteiger partial charge in [-0.1, -0.05) is 29.3 Å². The molecule has 0 saturated heterocycles. The van der Waals surface area contributed by atoms with Gasteiger partial charge in [-0.3, -0.25) is 0 Å². The van der Waals surface area contributed by atoms with Crippen molar-refractivity contribution in [2.24, 2.45) is 0 Å². The summed E-state index contributed by atoms with van der Waals surface area (Å²) in [5.41, 5.74) is 7.03. The van der Waals surface area contributed by atoms with Crippen molar-refractivity contribution in [2.75, 3.05) is 5.73 Å². The highest BCUT2D eigenvalue weighted by atomic mass is 35.5. The van der Waals surface area contributed by atoms with Gasteiger partial charge in [-0.25, -0.2) is 4.39 Å². The third-order valence-electron chi connectivity index (χ3n) is 2.43. The Bertz CT molecular complexity index is 555. The first kappa shape index (κ1) is 13.0. The Hall–Kier alpha value is -1.45. The molecule has 2 aromatic rings. The molecule has 2 nitrogen and oxygen atoms in total. The molecule has 0 aromatic heterocycles. The van der Waals surface area contributed by atoms with Crippen molar-refractivity contribution >= 4 is 28.9 Å². The molecular formula is C13H10Cl2FNO. The van der Waals surface area contributed by atoms with Crippen LogP contribution in [0.3, 0.4) is 0 Å². The maximum atomic E-state index is 13.0. The van der Waals surface area contributed by atoms with E-state index in [1.165, 1.54) is 18.2 Å². The first-order valence-electron chi connectivity index (χ1n) is 5.18. The quantitative estimate of drug-likeness (QED) is 0.854. The molecule has 0 fully saturated rings. The molecule has 0 aliphatic carbocycles. The predicted molar refractivity (Wildman–Crippen MR) is 71.6 cm³/mol. The van der Waals surface area contributed by atoms with E-state index >= 15 is 0 Å². The third kappa shape index (κ3) is 2.86. The van der Waals surface area contributed by atoms with Crippen molar-refractivity contribution in [3.05, 3.63) is 57.8 Å². The zero-order chi connectivity index (χ0) is 13.1. The summed E-state index contributed by atoms with van der Waals surface area (Å²) < 4.78 is 18.4. The Labute approximate surface area is 114 Å². The van der Waals surface area contributed by atoms with E-state index in [9.17, 15) is 4.39 Å². The molecule has 2 aromatic carbocycles. The molecular weight excluding hydrogens is 276 g/mol. The molecule has 5 heteroatoms. The molecule has 0 amide bonds. The first-order valence-corrected chi connectivity index (χ1v) is 5.94. The van der Waals surface area contributed by atoms with Crippen LogP contribution in [0.4, 0.5) is 10.1 Å². The van der Waals surface area contributed by atoms with Crippen molar-refractivity contribution in [3.63, 3.8) is 0 Å². The van der Waals surface area contributed by atoms with Gasteiger partial charge in [0.15, 0.2) is 0 Å². The lowest BCUT2D eigenvalue weighted by Gasteiger charge is -2.10. The summed E-state index contributed by atoms with van der Waals surface area (Å²) in [6.45, 7) is 0.202. The Balaban J connectivity index is 2.14. The average Bonchev–Trinajstić information content (AvgIpc) is 2.33. The monoisotopic (exact) mass is 285 g/mol. The summed E-state index contributed by atoms with van der Waals surface area (Å²) in [6.07, 6.45) is 0. The maximum Gasteiger partial charge on any atom is 0.142 e. The molecule has 0 heterocycles. The molecule has 0 unspecified atom stereocenters. The number of benzene rings is 2. The van der Waals surface area contributed by atoms with Gasteiger partial charge in [0.05, 0.1) is 5.02 Å². The first-order chi connectivity index (χ1) is 8.58. The predicted octanol–water partition coefficient (Wildman–Crippen LogP) is 4.29. The molecule has 0 aliphatic heterocycles. The topological polar surface area (TPSA) is 35.2 Å². The molecule has 2 N–H and O–H groups in total. The van der Waals surface area contributed by atoms with E-state index in [2.05, 4.69) is 0 Å². The van der Waals surface area contributed by atoms with Gasteiger partial charge >= 0.3 is 0 Å². The van der Waals surface area contributed by atoms with E-state index in [1.807, 2.05) is 0 Å². The van der Waals surface area contributed by atoms with Gasteiger partial charge in [0.2, 0.25) is 0 Å². The lowest BCUT2D eigenvalue weighted by atomic mass is 10.2. The minimum atomic E-state index is -0.485. The molecule has 0 radical (unpaired) electrons. The minimum absolute atomic E-state index is 0.0135. The largest absolute Gasteiger partial charge is 0.489 e. The second kappa shape index (κ2) is 5.46. The van der Waals surface area contributed by atoms with Gasteiger partial charge in [0.25, 0.3) is 0 Å². The lowest BCUT2D eigenvalue weighted by molar-refractivity contribution is 0.306. The van der Waals surface area contributed by atoms with Gasteiger partial charge in [-0.15, -0.1) is 0 Å². The molecule has 0 spiro atoms. The Morgan fingerprint density at radius 1 is 1.11 bits per heavy atom. The molecule has 18 heavy (non-hydrogen) atoms. The number of nitrogens with two attached hydrogens (primary N) is 1. The van der Waals surface area contributed by atoms with E-state index in [0.29, 0.717) is 22.0 Å². The zero-order valence-electron chi connectivity index (χ0n) is 9.29. The molecule has 0 atom stereocenters. The average molecular weight is 286 g/mol. The van der Waals surface area contributed by atoms with Crippen LogP contribution in [0.1, 0.15) is 5.56 Å². The van der Waals surface area contributed by atoms with Crippen LogP contribution < -0.4 is 10.5 Å². The van der Waals surface area contributed by atoms with Gasteiger partial charge in [0.1, 0.15) is 18.2 Å². The lowest BCUT2D eigenvalue weighted by Crippen LogP contribution is -2.01. The van der Waals surface area contributed by atoms with Gasteiger partial charge < -0.3 is 10.5 Å². The number of ether oxygens (including phenoxy) is 1. The van der Waals surface area contributed by atoms with E-state index in [0.717, 1.165) is 0 Å². The fourth-order valence-corrected chi connectivity index (χ4v) is 1.86. The smallest absolute Gasteiger partial charge is 0.142 e. The van der Waals surface area contributed by atoms with Gasteiger partial charge in [0, 0.05) is 22.3 Å². The van der Waals surface area contributed by atoms with Crippen LogP contribution >= 0.6 is 23.2 Å². The summed E-state index contributed by atoms with van der Waals surface area (Å²) in [5, 5.41) is 0.544. The number of halogens is 3. The summed E-state index contributed by atoms with van der Waals surface area (Å²) in [6, 6.07) is 9.37. The minimum Gasteiger partial charge on any atom is -0.489 e. The number of rotatable bonds is 3. The zero-order valence-corrected chi connectivity index (χ0v) is 10.8. The highest BCUT2D eigenvalue weighted by Crippen LogP contribution is 2.26. The van der Waals surface area contributed by atoms with E-state index in [1.54, 1.807) is 18.2 Å². The van der Waals surface area contributed by atoms with Crippen LogP contribution in [0.5, 0.6) is 5.75 Å². The highest BCUT2D eigenvalue weighted by molar-refractivity contribution is 6.31. The fourth-order valence-electron chi connectivity index (χ4n) is 1.45. The van der Waals surface area contributed by atoms with Crippen molar-refractivity contribution in [1.82, 2.24) is 0 Å². The van der Waals surface area contributed by atoms with Gasteiger partial charge in [-0.05, 0) is 24.3 Å². The second-order valence-electron chi connectivity index (χ2n) is 3.67. The van der Waals surface area contributed by atoms with Gasteiger partial charge in [-0.2, -0.15) is 0 Å². The Morgan fingerprint density at radius 2 is 1.89 bits per heavy atom. The second-order valence-corrected chi connectivity index (χ2v) is 4.49. The summed E-state index contributed by atoms with van der Waals surface area (Å²) in [5.74, 6) is -0.0259. The number of nitrogen functional groups attached to an aromatic ring is 1. The summed E-state index contributed by atoms with van der Waals surface area (Å²) in [7, 11) is 0. The van der Waals surface area contributed by atoms with Crippen LogP contribution in [-0.4, -0.2) is 0 Å². The Kier molecular flexibility index (Phi) is 3.94. The normalized spacial score (nSPS) is 10.4. The van der Waals surface area contributed by atoms with E-state index in [4.69, 9.17) is 33.7 Å². The molecule has 0 saturated carbocycles. The van der Waals surface area contributed by atoms with Crippen molar-refractivity contribution in [1.29, 1.82) is 0 Å². The number of hydrogen-bond acceptors (Lipinski definition) is 2. The standard InChI is InChI=1S/C13H10Cl2FNO/c14-10-2-1-3-13(17)9(10)7-18-8-4-5-12(16)11(15)6-8/h1-6H,7,17H2. The molecule has 0 aliphatic rings. The summed E-state index contributed by atoms with van der Waals surface area (Å²) in [4.78, 5) is 0. The molecule has 94 valence electrons. The van der Waals surface area contributed by atoms with Crippen LogP contribution in [0.25, 0.3) is 0 Å². The Morgan fingerprint density at radius 3 is 2.56 bits per heavy atom.